The Balaban J connectivity index is 0.00000200. The Labute approximate surface area is 136 Å². The van der Waals surface area contributed by atoms with Gasteiger partial charge in [0, 0.05) is 23.1 Å². The number of nitrogens with zero attached hydrogens (tertiary/aromatic N) is 1. The van der Waals surface area contributed by atoms with Gasteiger partial charge in [-0.2, -0.15) is 0 Å². The lowest BCUT2D eigenvalue weighted by Crippen LogP contribution is -2.48. The lowest BCUT2D eigenvalue weighted by molar-refractivity contribution is 0.122. The van der Waals surface area contributed by atoms with E-state index < -0.39 is 0 Å². The molecule has 0 spiro atoms. The van der Waals surface area contributed by atoms with Crippen LogP contribution in [-0.2, 0) is 6.54 Å². The van der Waals surface area contributed by atoms with Crippen LogP contribution in [-0.4, -0.2) is 30.6 Å². The van der Waals surface area contributed by atoms with Crippen LogP contribution in [0.15, 0.2) is 22.7 Å². The summed E-state index contributed by atoms with van der Waals surface area (Å²) in [6.07, 6.45) is 3.77. The van der Waals surface area contributed by atoms with E-state index in [0.29, 0.717) is 6.04 Å². The topological polar surface area (TPSA) is 38.5 Å². The summed E-state index contributed by atoms with van der Waals surface area (Å²) < 4.78 is 6.45. The first-order valence-corrected chi connectivity index (χ1v) is 7.73. The molecule has 1 saturated heterocycles. The van der Waals surface area contributed by atoms with Crippen LogP contribution < -0.4 is 10.5 Å². The zero-order valence-electron chi connectivity index (χ0n) is 12.1. The van der Waals surface area contributed by atoms with E-state index in [0.717, 1.165) is 23.3 Å². The number of hydrogen-bond acceptors (Lipinski definition) is 3. The van der Waals surface area contributed by atoms with Crippen molar-refractivity contribution < 1.29 is 4.74 Å². The Bertz CT molecular complexity index is 428. The van der Waals surface area contributed by atoms with Crippen LogP contribution in [0.3, 0.4) is 0 Å². The second kappa shape index (κ2) is 8.23. The molecule has 2 rings (SSSR count). The summed E-state index contributed by atoms with van der Waals surface area (Å²) in [6, 6.07) is 6.86. The molecule has 3 nitrogen and oxygen atoms in total. The zero-order valence-corrected chi connectivity index (χ0v) is 14.5. The molecule has 1 aromatic rings. The summed E-state index contributed by atoms with van der Waals surface area (Å²) in [5.74, 6) is 0.910. The number of piperidine rings is 1. The Morgan fingerprint density at radius 1 is 1.45 bits per heavy atom. The molecule has 0 saturated carbocycles. The average Bonchev–Trinajstić information content (AvgIpc) is 2.41. The second-order valence-electron chi connectivity index (χ2n) is 5.35. The van der Waals surface area contributed by atoms with Gasteiger partial charge in [-0.25, -0.2) is 0 Å². The molecule has 1 aliphatic heterocycles. The molecule has 1 aromatic carbocycles. The molecule has 20 heavy (non-hydrogen) atoms. The maximum absolute atomic E-state index is 6.13. The minimum atomic E-state index is 0. The lowest BCUT2D eigenvalue weighted by Gasteiger charge is -2.38. The average molecular weight is 364 g/mol. The molecule has 0 bridgehead atoms. The van der Waals surface area contributed by atoms with Gasteiger partial charge < -0.3 is 10.5 Å². The molecule has 0 aliphatic carbocycles. The van der Waals surface area contributed by atoms with E-state index in [-0.39, 0.29) is 18.4 Å². The smallest absolute Gasteiger partial charge is 0.119 e. The molecule has 2 N–H and O–H groups in total. The van der Waals surface area contributed by atoms with Crippen molar-refractivity contribution in [3.63, 3.8) is 0 Å². The standard InChI is InChI=1S/C15H23BrN2O.ClH/c1-11(17)15-5-3-4-8-18(15)10-12-9-13(19-2)6-7-14(12)16;/h6-7,9,11,15H,3-5,8,10,17H2,1-2H3;1H. The molecular weight excluding hydrogens is 340 g/mol. The number of rotatable bonds is 4. The number of halogens is 2. The first-order valence-electron chi connectivity index (χ1n) is 6.94. The third-order valence-electron chi connectivity index (χ3n) is 3.90. The van der Waals surface area contributed by atoms with Crippen LogP contribution >= 0.6 is 28.3 Å². The molecule has 1 heterocycles. The maximum Gasteiger partial charge on any atom is 0.119 e. The first-order chi connectivity index (χ1) is 9.11. The van der Waals surface area contributed by atoms with Crippen molar-refractivity contribution in [1.29, 1.82) is 0 Å². The maximum atomic E-state index is 6.13. The summed E-state index contributed by atoms with van der Waals surface area (Å²) in [4.78, 5) is 2.51. The summed E-state index contributed by atoms with van der Waals surface area (Å²) in [5.41, 5.74) is 7.40. The highest BCUT2D eigenvalue weighted by atomic mass is 79.9. The predicted octanol–water partition coefficient (Wildman–Crippen LogP) is 3.58. The van der Waals surface area contributed by atoms with Crippen molar-refractivity contribution >= 4 is 28.3 Å². The molecule has 0 amide bonds. The molecular formula is C15H24BrClN2O. The van der Waals surface area contributed by atoms with Gasteiger partial charge in [-0.3, -0.25) is 4.90 Å². The second-order valence-corrected chi connectivity index (χ2v) is 6.20. The summed E-state index contributed by atoms with van der Waals surface area (Å²) >= 11 is 3.63. The molecule has 114 valence electrons. The highest BCUT2D eigenvalue weighted by Crippen LogP contribution is 2.27. The Morgan fingerprint density at radius 2 is 2.20 bits per heavy atom. The fraction of sp³-hybridized carbons (Fsp3) is 0.600. The van der Waals surface area contributed by atoms with Crippen LogP contribution in [0, 0.1) is 0 Å². The third kappa shape index (κ3) is 4.35. The summed E-state index contributed by atoms with van der Waals surface area (Å²) in [6.45, 7) is 4.18. The van der Waals surface area contributed by atoms with Crippen LogP contribution in [0.25, 0.3) is 0 Å². The van der Waals surface area contributed by atoms with E-state index in [4.69, 9.17) is 10.5 Å². The van der Waals surface area contributed by atoms with Crippen molar-refractivity contribution in [2.24, 2.45) is 5.73 Å². The third-order valence-corrected chi connectivity index (χ3v) is 4.67. The Kier molecular flexibility index (Phi) is 7.30. The Hall–Kier alpha value is -0.290. The number of hydrogen-bond donors (Lipinski definition) is 1. The van der Waals surface area contributed by atoms with E-state index in [2.05, 4.69) is 39.9 Å². The molecule has 5 heteroatoms. The zero-order chi connectivity index (χ0) is 13.8. The SMILES string of the molecule is COc1ccc(Br)c(CN2CCCCC2C(C)N)c1.Cl. The molecule has 1 aliphatic rings. The van der Waals surface area contributed by atoms with Gasteiger partial charge in [0.2, 0.25) is 0 Å². The van der Waals surface area contributed by atoms with Gasteiger partial charge in [0.1, 0.15) is 5.75 Å². The fourth-order valence-electron chi connectivity index (χ4n) is 2.83. The monoisotopic (exact) mass is 362 g/mol. The van der Waals surface area contributed by atoms with Crippen LogP contribution in [0.1, 0.15) is 31.7 Å². The number of benzene rings is 1. The van der Waals surface area contributed by atoms with Crippen molar-refractivity contribution in [3.8, 4) is 5.75 Å². The molecule has 2 unspecified atom stereocenters. The van der Waals surface area contributed by atoms with Gasteiger partial charge >= 0.3 is 0 Å². The van der Waals surface area contributed by atoms with Crippen molar-refractivity contribution in [2.45, 2.75) is 44.8 Å². The number of ether oxygens (including phenoxy) is 1. The Morgan fingerprint density at radius 3 is 2.85 bits per heavy atom. The van der Waals surface area contributed by atoms with E-state index in [9.17, 15) is 0 Å². The van der Waals surface area contributed by atoms with Gasteiger partial charge in [-0.1, -0.05) is 22.4 Å². The van der Waals surface area contributed by atoms with E-state index in [1.165, 1.54) is 24.8 Å². The highest BCUT2D eigenvalue weighted by molar-refractivity contribution is 9.10. The van der Waals surface area contributed by atoms with Crippen LogP contribution in [0.5, 0.6) is 5.75 Å². The first kappa shape index (κ1) is 17.8. The van der Waals surface area contributed by atoms with Crippen molar-refractivity contribution in [3.05, 3.63) is 28.2 Å². The van der Waals surface area contributed by atoms with E-state index in [1.54, 1.807) is 7.11 Å². The van der Waals surface area contributed by atoms with Gasteiger partial charge in [-0.15, -0.1) is 12.4 Å². The quantitative estimate of drug-likeness (QED) is 0.888. The molecule has 0 aromatic heterocycles. The van der Waals surface area contributed by atoms with Crippen LogP contribution in [0.4, 0.5) is 0 Å². The lowest BCUT2D eigenvalue weighted by atomic mass is 9.96. The van der Waals surface area contributed by atoms with Gasteiger partial charge in [0.15, 0.2) is 0 Å². The van der Waals surface area contributed by atoms with Crippen molar-refractivity contribution in [1.82, 2.24) is 4.90 Å². The highest BCUT2D eigenvalue weighted by Gasteiger charge is 2.25. The normalized spacial score (nSPS) is 21.1. The molecule has 2 atom stereocenters. The summed E-state index contributed by atoms with van der Waals surface area (Å²) in [7, 11) is 1.71. The van der Waals surface area contributed by atoms with Gasteiger partial charge in [-0.05, 0) is 50.1 Å². The summed E-state index contributed by atoms with van der Waals surface area (Å²) in [5, 5.41) is 0. The van der Waals surface area contributed by atoms with E-state index >= 15 is 0 Å². The van der Waals surface area contributed by atoms with E-state index in [1.807, 2.05) is 6.07 Å². The van der Waals surface area contributed by atoms with Crippen LogP contribution in [0.2, 0.25) is 0 Å². The minimum Gasteiger partial charge on any atom is -0.497 e. The fourth-order valence-corrected chi connectivity index (χ4v) is 3.20. The number of methoxy groups -OCH3 is 1. The van der Waals surface area contributed by atoms with Crippen molar-refractivity contribution in [2.75, 3.05) is 13.7 Å². The molecule has 0 radical (unpaired) electrons. The van der Waals surface area contributed by atoms with Gasteiger partial charge in [0.05, 0.1) is 7.11 Å². The molecule has 1 fully saturated rings. The van der Waals surface area contributed by atoms with Gasteiger partial charge in [0.25, 0.3) is 0 Å². The largest absolute Gasteiger partial charge is 0.497 e. The number of nitrogens with two attached hydrogens (primary N) is 1. The minimum absolute atomic E-state index is 0. The number of likely N-dealkylation sites (tertiary alicyclic amines) is 1. The predicted molar refractivity (Wildman–Crippen MR) is 89.6 cm³/mol.